The van der Waals surface area contributed by atoms with Crippen molar-refractivity contribution in [1.82, 2.24) is 5.32 Å². The van der Waals surface area contributed by atoms with Gasteiger partial charge in [-0.2, -0.15) is 0 Å². The third kappa shape index (κ3) is 4.21. The summed E-state index contributed by atoms with van der Waals surface area (Å²) in [6.45, 7) is 1.56. The number of ether oxygens (including phenoxy) is 2. The molecule has 0 aliphatic carbocycles. The molecule has 0 radical (unpaired) electrons. The molecular formula is C17H21NO3. The number of nitrogens with one attached hydrogen (secondary N) is 1. The molecule has 0 fully saturated rings. The first-order chi connectivity index (χ1) is 10.3. The first-order valence-electron chi connectivity index (χ1n) is 6.87. The molecule has 4 nitrogen and oxygen atoms in total. The second-order valence-electron chi connectivity index (χ2n) is 4.77. The van der Waals surface area contributed by atoms with E-state index in [1.807, 2.05) is 42.5 Å². The zero-order valence-corrected chi connectivity index (χ0v) is 12.4. The van der Waals surface area contributed by atoms with Gasteiger partial charge in [-0.1, -0.05) is 30.3 Å². The predicted octanol–water partition coefficient (Wildman–Crippen LogP) is 2.49. The third-order valence-electron chi connectivity index (χ3n) is 3.28. The van der Waals surface area contributed by atoms with Gasteiger partial charge in [0.2, 0.25) is 0 Å². The minimum absolute atomic E-state index is 0.0729. The lowest BCUT2D eigenvalue weighted by molar-refractivity contribution is 0.281. The van der Waals surface area contributed by atoms with Crippen molar-refractivity contribution in [3.63, 3.8) is 0 Å². The zero-order chi connectivity index (χ0) is 15.1. The molecule has 0 saturated heterocycles. The normalized spacial score (nSPS) is 10.4. The largest absolute Gasteiger partial charge is 0.493 e. The fraction of sp³-hybridized carbons (Fsp3) is 0.294. The quantitative estimate of drug-likeness (QED) is 0.821. The Morgan fingerprint density at radius 2 is 1.52 bits per heavy atom. The Kier molecular flexibility index (Phi) is 5.60. The standard InChI is InChI=1S/C17H21NO3/c1-20-16-7-6-14(9-17(16)21-2)11-18-10-13-4-3-5-15(8-13)12-19/h3-9,18-19H,10-12H2,1-2H3. The number of hydrogen-bond acceptors (Lipinski definition) is 4. The lowest BCUT2D eigenvalue weighted by Gasteiger charge is -2.10. The van der Waals surface area contributed by atoms with Crippen molar-refractivity contribution in [2.24, 2.45) is 0 Å². The summed E-state index contributed by atoms with van der Waals surface area (Å²) >= 11 is 0. The van der Waals surface area contributed by atoms with E-state index in [1.54, 1.807) is 14.2 Å². The van der Waals surface area contributed by atoms with E-state index in [4.69, 9.17) is 14.6 Å². The van der Waals surface area contributed by atoms with E-state index in [-0.39, 0.29) is 6.61 Å². The second-order valence-corrected chi connectivity index (χ2v) is 4.77. The molecule has 0 aliphatic heterocycles. The van der Waals surface area contributed by atoms with Crippen molar-refractivity contribution >= 4 is 0 Å². The average Bonchev–Trinajstić information content (AvgIpc) is 2.55. The van der Waals surface area contributed by atoms with Crippen molar-refractivity contribution in [2.45, 2.75) is 19.7 Å². The number of methoxy groups -OCH3 is 2. The van der Waals surface area contributed by atoms with Gasteiger partial charge < -0.3 is 19.9 Å². The van der Waals surface area contributed by atoms with Gasteiger partial charge in [0.25, 0.3) is 0 Å². The highest BCUT2D eigenvalue weighted by Crippen LogP contribution is 2.27. The van der Waals surface area contributed by atoms with Crippen LogP contribution in [0.2, 0.25) is 0 Å². The van der Waals surface area contributed by atoms with Crippen LogP contribution in [0.15, 0.2) is 42.5 Å². The fourth-order valence-electron chi connectivity index (χ4n) is 2.18. The van der Waals surface area contributed by atoms with Crippen molar-refractivity contribution in [3.05, 3.63) is 59.2 Å². The van der Waals surface area contributed by atoms with Crippen molar-refractivity contribution in [2.75, 3.05) is 14.2 Å². The van der Waals surface area contributed by atoms with E-state index in [0.717, 1.165) is 41.3 Å². The maximum absolute atomic E-state index is 9.13. The van der Waals surface area contributed by atoms with Crippen LogP contribution in [0.25, 0.3) is 0 Å². The molecule has 0 amide bonds. The van der Waals surface area contributed by atoms with Crippen LogP contribution in [0, 0.1) is 0 Å². The van der Waals surface area contributed by atoms with E-state index in [9.17, 15) is 0 Å². The summed E-state index contributed by atoms with van der Waals surface area (Å²) in [4.78, 5) is 0. The number of aliphatic hydroxyl groups is 1. The number of rotatable bonds is 7. The van der Waals surface area contributed by atoms with E-state index in [1.165, 1.54) is 0 Å². The van der Waals surface area contributed by atoms with Crippen LogP contribution in [0.4, 0.5) is 0 Å². The van der Waals surface area contributed by atoms with Crippen molar-refractivity contribution in [1.29, 1.82) is 0 Å². The molecule has 2 aromatic carbocycles. The van der Waals surface area contributed by atoms with Gasteiger partial charge >= 0.3 is 0 Å². The zero-order valence-electron chi connectivity index (χ0n) is 12.4. The molecule has 0 atom stereocenters. The van der Waals surface area contributed by atoms with Crippen molar-refractivity contribution in [3.8, 4) is 11.5 Å². The average molecular weight is 287 g/mol. The first-order valence-corrected chi connectivity index (χ1v) is 6.87. The van der Waals surface area contributed by atoms with Crippen LogP contribution in [-0.4, -0.2) is 19.3 Å². The predicted molar refractivity (Wildman–Crippen MR) is 82.5 cm³/mol. The Hall–Kier alpha value is -2.04. The van der Waals surface area contributed by atoms with Gasteiger partial charge in [0.15, 0.2) is 11.5 Å². The van der Waals surface area contributed by atoms with Crippen LogP contribution in [0.1, 0.15) is 16.7 Å². The van der Waals surface area contributed by atoms with Gasteiger partial charge in [0, 0.05) is 13.1 Å². The number of hydrogen-bond donors (Lipinski definition) is 2. The van der Waals surface area contributed by atoms with Crippen LogP contribution in [0.5, 0.6) is 11.5 Å². The minimum atomic E-state index is 0.0729. The highest BCUT2D eigenvalue weighted by atomic mass is 16.5. The van der Waals surface area contributed by atoms with Crippen LogP contribution in [0.3, 0.4) is 0 Å². The van der Waals surface area contributed by atoms with Gasteiger partial charge in [0.05, 0.1) is 20.8 Å². The summed E-state index contributed by atoms with van der Waals surface area (Å²) in [7, 11) is 3.26. The van der Waals surface area contributed by atoms with E-state index in [0.29, 0.717) is 0 Å². The van der Waals surface area contributed by atoms with Gasteiger partial charge in [-0.25, -0.2) is 0 Å². The molecule has 2 N–H and O–H groups in total. The topological polar surface area (TPSA) is 50.7 Å². The second kappa shape index (κ2) is 7.67. The monoisotopic (exact) mass is 287 g/mol. The van der Waals surface area contributed by atoms with Gasteiger partial charge in [-0.05, 0) is 28.8 Å². The molecule has 0 saturated carbocycles. The van der Waals surface area contributed by atoms with E-state index >= 15 is 0 Å². The molecule has 112 valence electrons. The molecule has 2 aromatic rings. The highest BCUT2D eigenvalue weighted by Gasteiger charge is 2.04. The SMILES string of the molecule is COc1ccc(CNCc2cccc(CO)c2)cc1OC. The smallest absolute Gasteiger partial charge is 0.161 e. The summed E-state index contributed by atoms with van der Waals surface area (Å²) in [5.41, 5.74) is 3.22. The van der Waals surface area contributed by atoms with Gasteiger partial charge in [0.1, 0.15) is 0 Å². The van der Waals surface area contributed by atoms with Crippen LogP contribution in [-0.2, 0) is 19.7 Å². The molecule has 0 aromatic heterocycles. The molecular weight excluding hydrogens is 266 g/mol. The van der Waals surface area contributed by atoms with Gasteiger partial charge in [-0.3, -0.25) is 0 Å². The Labute approximate surface area is 125 Å². The third-order valence-corrected chi connectivity index (χ3v) is 3.28. The van der Waals surface area contributed by atoms with Crippen molar-refractivity contribution < 1.29 is 14.6 Å². The number of aliphatic hydroxyl groups excluding tert-OH is 1. The summed E-state index contributed by atoms with van der Waals surface area (Å²) in [6.07, 6.45) is 0. The first kappa shape index (κ1) is 15.4. The maximum atomic E-state index is 9.13. The highest BCUT2D eigenvalue weighted by molar-refractivity contribution is 5.42. The Balaban J connectivity index is 1.93. The fourth-order valence-corrected chi connectivity index (χ4v) is 2.18. The Morgan fingerprint density at radius 3 is 2.19 bits per heavy atom. The summed E-state index contributed by atoms with van der Waals surface area (Å²) in [5, 5.41) is 12.5. The molecule has 2 rings (SSSR count). The molecule has 0 spiro atoms. The lowest BCUT2D eigenvalue weighted by atomic mass is 10.1. The summed E-state index contributed by atoms with van der Waals surface area (Å²) in [5.74, 6) is 1.47. The lowest BCUT2D eigenvalue weighted by Crippen LogP contribution is -2.13. The van der Waals surface area contributed by atoms with E-state index < -0.39 is 0 Å². The summed E-state index contributed by atoms with van der Waals surface area (Å²) in [6, 6.07) is 13.8. The molecule has 0 bridgehead atoms. The molecule has 21 heavy (non-hydrogen) atoms. The van der Waals surface area contributed by atoms with E-state index in [2.05, 4.69) is 5.32 Å². The number of benzene rings is 2. The van der Waals surface area contributed by atoms with Crippen LogP contribution >= 0.6 is 0 Å². The molecule has 0 heterocycles. The molecule has 4 heteroatoms. The maximum Gasteiger partial charge on any atom is 0.161 e. The molecule has 0 aliphatic rings. The van der Waals surface area contributed by atoms with Gasteiger partial charge in [-0.15, -0.1) is 0 Å². The minimum Gasteiger partial charge on any atom is -0.493 e. The summed E-state index contributed by atoms with van der Waals surface area (Å²) < 4.78 is 10.5. The Bertz CT molecular complexity index is 584. The van der Waals surface area contributed by atoms with Crippen LogP contribution < -0.4 is 14.8 Å². The Morgan fingerprint density at radius 1 is 0.857 bits per heavy atom. The molecule has 0 unspecified atom stereocenters.